The summed E-state index contributed by atoms with van der Waals surface area (Å²) in [6, 6.07) is 0. The van der Waals surface area contributed by atoms with Gasteiger partial charge in [0.1, 0.15) is 0 Å². The van der Waals surface area contributed by atoms with Gasteiger partial charge in [-0.3, -0.25) is 4.79 Å². The molecule has 0 amide bonds. The summed E-state index contributed by atoms with van der Waals surface area (Å²) in [6.45, 7) is 6.48. The van der Waals surface area contributed by atoms with Crippen molar-refractivity contribution < 1.29 is 20.1 Å². The van der Waals surface area contributed by atoms with Crippen LogP contribution in [0.2, 0.25) is 0 Å². The zero-order valence-electron chi connectivity index (χ0n) is 17.2. The van der Waals surface area contributed by atoms with Gasteiger partial charge >= 0.3 is 5.97 Å². The lowest BCUT2D eigenvalue weighted by Crippen LogP contribution is -2.23. The fraction of sp³-hybridized carbons (Fsp3) is 0.783. The Morgan fingerprint density at radius 3 is 2.70 bits per heavy atom. The van der Waals surface area contributed by atoms with Crippen LogP contribution in [0.25, 0.3) is 0 Å². The van der Waals surface area contributed by atoms with Crippen molar-refractivity contribution in [3.8, 4) is 0 Å². The number of unbranched alkanes of at least 4 members (excludes halogenated alkanes) is 1. The molecule has 2 fully saturated rings. The number of carboxylic acids is 1. The van der Waals surface area contributed by atoms with Crippen LogP contribution in [0, 0.1) is 29.6 Å². The van der Waals surface area contributed by atoms with Gasteiger partial charge in [0.2, 0.25) is 0 Å². The van der Waals surface area contributed by atoms with Crippen molar-refractivity contribution in [2.45, 2.75) is 84.3 Å². The molecule has 3 N–H and O–H groups in total. The average molecular weight is 379 g/mol. The fourth-order valence-electron chi connectivity index (χ4n) is 4.97. The maximum Gasteiger partial charge on any atom is 0.303 e. The summed E-state index contributed by atoms with van der Waals surface area (Å²) >= 11 is 0. The van der Waals surface area contributed by atoms with Gasteiger partial charge in [-0.2, -0.15) is 0 Å². The summed E-state index contributed by atoms with van der Waals surface area (Å²) in [4.78, 5) is 10.6. The third kappa shape index (κ3) is 6.18. The van der Waals surface area contributed by atoms with E-state index in [0.717, 1.165) is 38.5 Å². The Balaban J connectivity index is 1.90. The third-order valence-electron chi connectivity index (χ3n) is 6.85. The van der Waals surface area contributed by atoms with Gasteiger partial charge in [-0.15, -0.1) is 0 Å². The smallest absolute Gasteiger partial charge is 0.303 e. The molecule has 154 valence electrons. The number of hydrogen-bond acceptors (Lipinski definition) is 3. The van der Waals surface area contributed by atoms with Gasteiger partial charge in [0.25, 0.3) is 0 Å². The minimum atomic E-state index is -0.731. The lowest BCUT2D eigenvalue weighted by molar-refractivity contribution is -0.137. The Bertz CT molecular complexity index is 538. The van der Waals surface area contributed by atoms with Gasteiger partial charge < -0.3 is 15.3 Å². The Morgan fingerprint density at radius 1 is 1.30 bits per heavy atom. The van der Waals surface area contributed by atoms with E-state index in [0.29, 0.717) is 24.2 Å². The third-order valence-corrected chi connectivity index (χ3v) is 6.85. The maximum absolute atomic E-state index is 10.6. The molecule has 2 aliphatic rings. The van der Waals surface area contributed by atoms with Gasteiger partial charge in [0, 0.05) is 12.3 Å². The molecular formula is C23H38O4. The van der Waals surface area contributed by atoms with Crippen LogP contribution < -0.4 is 0 Å². The molecule has 7 atom stereocenters. The highest BCUT2D eigenvalue weighted by molar-refractivity contribution is 5.66. The minimum Gasteiger partial charge on any atom is -0.481 e. The second kappa shape index (κ2) is 10.4. The van der Waals surface area contributed by atoms with E-state index in [1.54, 1.807) is 0 Å². The Labute approximate surface area is 164 Å². The van der Waals surface area contributed by atoms with Crippen LogP contribution in [0.4, 0.5) is 0 Å². The quantitative estimate of drug-likeness (QED) is 0.384. The first kappa shape index (κ1) is 22.2. The van der Waals surface area contributed by atoms with Crippen LogP contribution in [0.1, 0.15) is 72.1 Å². The molecule has 2 unspecified atom stereocenters. The van der Waals surface area contributed by atoms with E-state index in [1.165, 1.54) is 5.57 Å². The minimum absolute atomic E-state index is 0.128. The Kier molecular flexibility index (Phi) is 8.56. The predicted molar refractivity (Wildman–Crippen MR) is 108 cm³/mol. The molecule has 27 heavy (non-hydrogen) atoms. The molecule has 4 heteroatoms. The summed E-state index contributed by atoms with van der Waals surface area (Å²) in [7, 11) is 0. The van der Waals surface area contributed by atoms with Gasteiger partial charge in [0.15, 0.2) is 0 Å². The molecule has 2 saturated carbocycles. The molecule has 0 radical (unpaired) electrons. The number of carboxylic acid groups (broad SMARTS) is 1. The zero-order chi connectivity index (χ0) is 20.0. The van der Waals surface area contributed by atoms with Crippen LogP contribution in [0.3, 0.4) is 0 Å². The monoisotopic (exact) mass is 378 g/mol. The molecule has 0 bridgehead atoms. The first-order chi connectivity index (χ1) is 12.8. The molecule has 0 aromatic heterocycles. The normalized spacial score (nSPS) is 32.7. The van der Waals surface area contributed by atoms with Gasteiger partial charge in [-0.25, -0.2) is 0 Å². The summed E-state index contributed by atoms with van der Waals surface area (Å²) in [6.07, 6.45) is 12.3. The van der Waals surface area contributed by atoms with Crippen molar-refractivity contribution in [3.63, 3.8) is 0 Å². The number of rotatable bonds is 10. The van der Waals surface area contributed by atoms with Crippen molar-refractivity contribution in [3.05, 3.63) is 23.8 Å². The standard InChI is InChI=1S/C23H38O4/c1-4-7-15(2)16(3)21(24)11-10-19-20-13-17(8-5-6-9-23(26)27)12-18(20)14-22(19)25/h8,10-11,15-16,18-22,24-25H,4-7,9,12-14H2,1-3H3,(H,26,27)/t15?,16?,18-,19-,20+,21+,22-/m1/s1. The second-order valence-electron chi connectivity index (χ2n) is 8.86. The van der Waals surface area contributed by atoms with Crippen molar-refractivity contribution in [2.24, 2.45) is 29.6 Å². The fourth-order valence-corrected chi connectivity index (χ4v) is 4.97. The second-order valence-corrected chi connectivity index (χ2v) is 8.86. The van der Waals surface area contributed by atoms with Crippen LogP contribution in [0.15, 0.2) is 23.8 Å². The number of aliphatic hydroxyl groups excluding tert-OH is 2. The van der Waals surface area contributed by atoms with E-state index < -0.39 is 12.1 Å². The molecule has 0 aromatic carbocycles. The van der Waals surface area contributed by atoms with Crippen molar-refractivity contribution in [2.75, 3.05) is 0 Å². The molecule has 0 spiro atoms. The van der Waals surface area contributed by atoms with E-state index >= 15 is 0 Å². The predicted octanol–water partition coefficient (Wildman–Crippen LogP) is 4.56. The number of hydrogen-bond donors (Lipinski definition) is 3. The highest BCUT2D eigenvalue weighted by atomic mass is 16.4. The summed E-state index contributed by atoms with van der Waals surface area (Å²) in [5.74, 6) is 1.09. The van der Waals surface area contributed by atoms with Crippen molar-refractivity contribution in [1.29, 1.82) is 0 Å². The molecule has 0 aromatic rings. The summed E-state index contributed by atoms with van der Waals surface area (Å²) < 4.78 is 0. The highest BCUT2D eigenvalue weighted by Gasteiger charge is 2.45. The van der Waals surface area contributed by atoms with Gasteiger partial charge in [-0.1, -0.05) is 57.4 Å². The summed E-state index contributed by atoms with van der Waals surface area (Å²) in [5, 5.41) is 29.7. The lowest BCUT2D eigenvalue weighted by atomic mass is 9.85. The van der Waals surface area contributed by atoms with Gasteiger partial charge in [0.05, 0.1) is 12.2 Å². The van der Waals surface area contributed by atoms with Crippen LogP contribution >= 0.6 is 0 Å². The van der Waals surface area contributed by atoms with Crippen molar-refractivity contribution >= 4 is 5.97 Å². The van der Waals surface area contributed by atoms with E-state index in [4.69, 9.17) is 5.11 Å². The Hall–Kier alpha value is -1.13. The number of carbonyl (C=O) groups is 1. The number of aliphatic hydroxyl groups is 2. The molecule has 0 aliphatic heterocycles. The first-order valence-electron chi connectivity index (χ1n) is 10.8. The number of allylic oxidation sites excluding steroid dienone is 2. The van der Waals surface area contributed by atoms with E-state index in [-0.39, 0.29) is 24.4 Å². The molecule has 4 nitrogen and oxygen atoms in total. The molecular weight excluding hydrogens is 340 g/mol. The summed E-state index contributed by atoms with van der Waals surface area (Å²) in [5.41, 5.74) is 1.42. The van der Waals surface area contributed by atoms with E-state index in [1.807, 2.05) is 6.08 Å². The van der Waals surface area contributed by atoms with Crippen LogP contribution in [-0.2, 0) is 4.79 Å². The molecule has 0 heterocycles. The zero-order valence-corrected chi connectivity index (χ0v) is 17.2. The topological polar surface area (TPSA) is 77.8 Å². The largest absolute Gasteiger partial charge is 0.481 e. The maximum atomic E-state index is 10.6. The van der Waals surface area contributed by atoms with Gasteiger partial charge in [-0.05, 0) is 55.8 Å². The van der Waals surface area contributed by atoms with Crippen LogP contribution in [-0.4, -0.2) is 33.5 Å². The number of aliphatic carboxylic acids is 1. The van der Waals surface area contributed by atoms with Crippen LogP contribution in [0.5, 0.6) is 0 Å². The molecule has 2 aliphatic carbocycles. The van der Waals surface area contributed by atoms with Crippen molar-refractivity contribution in [1.82, 2.24) is 0 Å². The Morgan fingerprint density at radius 2 is 2.04 bits per heavy atom. The van der Waals surface area contributed by atoms with E-state index in [2.05, 4.69) is 32.9 Å². The highest BCUT2D eigenvalue weighted by Crippen LogP contribution is 2.50. The van der Waals surface area contributed by atoms with E-state index in [9.17, 15) is 15.0 Å². The average Bonchev–Trinajstić information content (AvgIpc) is 3.12. The SMILES string of the molecule is CCCC(C)C(C)[C@@H](O)C=C[C@@H]1[C@H]2CC(=CCCCC(=O)O)C[C@@H]2C[C@H]1O. The first-order valence-corrected chi connectivity index (χ1v) is 10.8. The molecule has 0 saturated heterocycles. The molecule has 2 rings (SSSR count). The lowest BCUT2D eigenvalue weighted by Gasteiger charge is -2.24. The number of fused-ring (bicyclic) bond motifs is 1.